The first kappa shape index (κ1) is 21.2. The fourth-order valence-corrected chi connectivity index (χ4v) is 3.17. The van der Waals surface area contributed by atoms with E-state index in [0.717, 1.165) is 16.8 Å². The van der Waals surface area contributed by atoms with Crippen LogP contribution >= 0.6 is 0 Å². The molecule has 0 aliphatic carbocycles. The Bertz CT molecular complexity index is 1140. The molecule has 0 bridgehead atoms. The van der Waals surface area contributed by atoms with Gasteiger partial charge in [-0.1, -0.05) is 42.5 Å². The van der Waals surface area contributed by atoms with Crippen molar-refractivity contribution >= 4 is 23.1 Å². The van der Waals surface area contributed by atoms with E-state index in [1.54, 1.807) is 6.07 Å². The first-order chi connectivity index (χ1) is 15.6. The van der Waals surface area contributed by atoms with Crippen molar-refractivity contribution in [3.8, 4) is 11.5 Å². The van der Waals surface area contributed by atoms with E-state index < -0.39 is 12.1 Å². The van der Waals surface area contributed by atoms with Crippen LogP contribution in [0.3, 0.4) is 0 Å². The lowest BCUT2D eigenvalue weighted by Gasteiger charge is -2.21. The fourth-order valence-electron chi connectivity index (χ4n) is 3.17. The van der Waals surface area contributed by atoms with E-state index in [4.69, 9.17) is 19.0 Å². The van der Waals surface area contributed by atoms with Gasteiger partial charge in [0.25, 0.3) is 0 Å². The minimum atomic E-state index is -1.00. The van der Waals surface area contributed by atoms with Gasteiger partial charge in [-0.3, -0.25) is 4.90 Å². The lowest BCUT2D eigenvalue weighted by atomic mass is 10.1. The fraction of sp³-hybridized carbons (Fsp3) is 0.200. The maximum absolute atomic E-state index is 11.1. The van der Waals surface area contributed by atoms with E-state index in [2.05, 4.69) is 4.98 Å². The molecule has 0 aliphatic heterocycles. The van der Waals surface area contributed by atoms with Crippen LogP contribution in [0.1, 0.15) is 12.5 Å². The number of carbonyl (C=O) groups is 1. The molecule has 1 aromatic heterocycles. The van der Waals surface area contributed by atoms with Gasteiger partial charge in [-0.25, -0.2) is 4.79 Å². The smallest absolute Gasteiger partial charge is 0.344 e. The Labute approximate surface area is 185 Å². The monoisotopic (exact) mass is 432 g/mol. The number of nitrogens with zero attached hydrogens (tertiary/aromatic N) is 2. The Kier molecular flexibility index (Phi) is 6.55. The Morgan fingerprint density at radius 3 is 2.56 bits per heavy atom. The summed E-state index contributed by atoms with van der Waals surface area (Å²) in [7, 11) is 0. The van der Waals surface area contributed by atoms with Gasteiger partial charge in [0.15, 0.2) is 18.4 Å². The molecule has 0 aliphatic rings. The molecule has 0 saturated heterocycles. The highest BCUT2D eigenvalue weighted by Gasteiger charge is 2.16. The molecule has 32 heavy (non-hydrogen) atoms. The highest BCUT2D eigenvalue weighted by atomic mass is 16.5. The van der Waals surface area contributed by atoms with Crippen LogP contribution < -0.4 is 14.4 Å². The average molecular weight is 432 g/mol. The maximum Gasteiger partial charge on any atom is 0.344 e. The molecule has 4 aromatic rings. The van der Waals surface area contributed by atoms with E-state index in [0.29, 0.717) is 30.3 Å². The first-order valence-electron chi connectivity index (χ1n) is 10.4. The van der Waals surface area contributed by atoms with Gasteiger partial charge in [-0.2, -0.15) is 4.98 Å². The third-order valence-electron chi connectivity index (χ3n) is 4.91. The summed E-state index contributed by atoms with van der Waals surface area (Å²) >= 11 is 0. The normalized spacial score (nSPS) is 11.8. The number of fused-ring (bicyclic) bond motifs is 1. The minimum Gasteiger partial charge on any atom is -0.479 e. The second kappa shape index (κ2) is 9.87. The zero-order chi connectivity index (χ0) is 22.3. The van der Waals surface area contributed by atoms with Crippen molar-refractivity contribution in [3.63, 3.8) is 0 Å². The van der Waals surface area contributed by atoms with Gasteiger partial charge in [0.2, 0.25) is 0 Å². The van der Waals surface area contributed by atoms with Gasteiger partial charge in [0.05, 0.1) is 0 Å². The van der Waals surface area contributed by atoms with Crippen LogP contribution in [0, 0.1) is 0 Å². The molecule has 164 valence electrons. The van der Waals surface area contributed by atoms with E-state index in [1.165, 1.54) is 6.92 Å². The number of para-hydroxylation sites is 3. The third kappa shape index (κ3) is 5.37. The predicted octanol–water partition coefficient (Wildman–Crippen LogP) is 4.77. The standard InChI is InChI=1S/C25H24N2O5/c1-18(24(28)29)31-21-11-7-8-19(16-21)14-15-27(17-30-20-9-3-2-4-10-20)25-26-22-12-5-6-13-23(22)32-25/h2-13,16,18H,14-15,17H2,1H3,(H,28,29). The quantitative estimate of drug-likeness (QED) is 0.362. The number of oxazole rings is 1. The number of hydrogen-bond acceptors (Lipinski definition) is 6. The number of aliphatic carboxylic acids is 1. The predicted molar refractivity (Wildman–Crippen MR) is 121 cm³/mol. The summed E-state index contributed by atoms with van der Waals surface area (Å²) in [6, 6.07) is 25.1. The van der Waals surface area contributed by atoms with Crippen LogP contribution in [0.5, 0.6) is 11.5 Å². The molecule has 1 N–H and O–H groups in total. The lowest BCUT2D eigenvalue weighted by molar-refractivity contribution is -0.144. The molecule has 0 amide bonds. The Hall–Kier alpha value is -4.00. The number of carboxylic acids is 1. The summed E-state index contributed by atoms with van der Waals surface area (Å²) in [6.07, 6.45) is -0.254. The van der Waals surface area contributed by atoms with E-state index in [-0.39, 0.29) is 6.73 Å². The number of aromatic nitrogens is 1. The molecule has 1 heterocycles. The molecule has 0 radical (unpaired) electrons. The minimum absolute atomic E-state index is 0.267. The number of carboxylic acid groups (broad SMARTS) is 1. The van der Waals surface area contributed by atoms with Gasteiger partial charge in [-0.15, -0.1) is 0 Å². The number of rotatable bonds is 10. The molecule has 7 heteroatoms. The SMILES string of the molecule is CC(Oc1cccc(CCN(COc2ccccc2)c2nc3ccccc3o2)c1)C(=O)O. The number of anilines is 1. The number of hydrogen-bond donors (Lipinski definition) is 1. The third-order valence-corrected chi connectivity index (χ3v) is 4.91. The molecule has 7 nitrogen and oxygen atoms in total. The largest absolute Gasteiger partial charge is 0.479 e. The summed E-state index contributed by atoms with van der Waals surface area (Å²) in [5.74, 6) is 0.272. The number of ether oxygens (including phenoxy) is 2. The van der Waals surface area contributed by atoms with Crippen molar-refractivity contribution in [3.05, 3.63) is 84.4 Å². The Balaban J connectivity index is 1.49. The Morgan fingerprint density at radius 1 is 1.03 bits per heavy atom. The van der Waals surface area contributed by atoms with Gasteiger partial charge in [0.1, 0.15) is 17.0 Å². The van der Waals surface area contributed by atoms with Crippen LogP contribution in [-0.4, -0.2) is 35.4 Å². The summed E-state index contributed by atoms with van der Waals surface area (Å²) in [5.41, 5.74) is 2.50. The maximum atomic E-state index is 11.1. The Morgan fingerprint density at radius 2 is 1.78 bits per heavy atom. The highest BCUT2D eigenvalue weighted by Crippen LogP contribution is 2.23. The van der Waals surface area contributed by atoms with Gasteiger partial charge >= 0.3 is 12.0 Å². The molecular weight excluding hydrogens is 408 g/mol. The average Bonchev–Trinajstić information content (AvgIpc) is 3.24. The summed E-state index contributed by atoms with van der Waals surface area (Å²) in [5, 5.41) is 9.06. The molecule has 1 atom stereocenters. The second-order valence-electron chi connectivity index (χ2n) is 7.31. The molecule has 0 saturated carbocycles. The van der Waals surface area contributed by atoms with Gasteiger partial charge in [0, 0.05) is 6.54 Å². The van der Waals surface area contributed by atoms with Crippen molar-refractivity contribution in [1.82, 2.24) is 4.98 Å². The summed E-state index contributed by atoms with van der Waals surface area (Å²) < 4.78 is 17.4. The van der Waals surface area contributed by atoms with Crippen LogP contribution in [0.4, 0.5) is 6.01 Å². The molecule has 1 unspecified atom stereocenters. The lowest BCUT2D eigenvalue weighted by Crippen LogP contribution is -2.30. The van der Waals surface area contributed by atoms with Gasteiger partial charge < -0.3 is 19.0 Å². The van der Waals surface area contributed by atoms with Crippen molar-refractivity contribution < 1.29 is 23.8 Å². The van der Waals surface area contributed by atoms with Crippen molar-refractivity contribution in [2.45, 2.75) is 19.4 Å². The first-order valence-corrected chi connectivity index (χ1v) is 10.4. The summed E-state index contributed by atoms with van der Waals surface area (Å²) in [6.45, 7) is 2.35. The molecule has 0 spiro atoms. The van der Waals surface area contributed by atoms with Crippen molar-refractivity contribution in [2.24, 2.45) is 0 Å². The van der Waals surface area contributed by atoms with Crippen LogP contribution in [0.25, 0.3) is 11.1 Å². The van der Waals surface area contributed by atoms with E-state index in [1.807, 2.05) is 77.7 Å². The van der Waals surface area contributed by atoms with Crippen LogP contribution in [0.2, 0.25) is 0 Å². The molecule has 0 fully saturated rings. The molecule has 4 rings (SSSR count). The zero-order valence-corrected chi connectivity index (χ0v) is 17.7. The zero-order valence-electron chi connectivity index (χ0n) is 17.7. The van der Waals surface area contributed by atoms with Crippen LogP contribution in [0.15, 0.2) is 83.3 Å². The van der Waals surface area contributed by atoms with E-state index >= 15 is 0 Å². The topological polar surface area (TPSA) is 85.0 Å². The summed E-state index contributed by atoms with van der Waals surface area (Å²) in [4.78, 5) is 17.6. The second-order valence-corrected chi connectivity index (χ2v) is 7.31. The van der Waals surface area contributed by atoms with Crippen molar-refractivity contribution in [2.75, 3.05) is 18.2 Å². The highest BCUT2D eigenvalue weighted by molar-refractivity contribution is 5.74. The molecular formula is C25H24N2O5. The van der Waals surface area contributed by atoms with Gasteiger partial charge in [-0.05, 0) is 55.3 Å². The molecule has 3 aromatic carbocycles. The van der Waals surface area contributed by atoms with Crippen molar-refractivity contribution in [1.29, 1.82) is 0 Å². The number of benzene rings is 3. The van der Waals surface area contributed by atoms with Crippen LogP contribution in [-0.2, 0) is 11.2 Å². The van der Waals surface area contributed by atoms with E-state index in [9.17, 15) is 4.79 Å².